The number of anilines is 1. The van der Waals surface area contributed by atoms with Gasteiger partial charge in [0.05, 0.1) is 19.5 Å². The van der Waals surface area contributed by atoms with Crippen molar-refractivity contribution in [3.8, 4) is 0 Å². The van der Waals surface area contributed by atoms with Crippen LogP contribution in [-0.4, -0.2) is 49.3 Å². The van der Waals surface area contributed by atoms with Gasteiger partial charge >= 0.3 is 7.82 Å². The number of aromatic nitrogens is 4. The molecule has 1 aliphatic carbocycles. The highest BCUT2D eigenvalue weighted by Crippen LogP contribution is 2.50. The number of nitrogens with one attached hydrogen (secondary N) is 1. The van der Waals surface area contributed by atoms with Crippen LogP contribution in [0.5, 0.6) is 0 Å². The molecule has 3 rings (SSSR count). The van der Waals surface area contributed by atoms with Crippen molar-refractivity contribution >= 4 is 24.9 Å². The Bertz CT molecular complexity index is 963. The number of aliphatic hydroxyl groups excluding tert-OH is 1. The van der Waals surface area contributed by atoms with E-state index >= 15 is 0 Å². The van der Waals surface area contributed by atoms with Crippen molar-refractivity contribution in [2.75, 3.05) is 25.6 Å². The van der Waals surface area contributed by atoms with Crippen molar-refractivity contribution in [1.82, 2.24) is 19.5 Å². The van der Waals surface area contributed by atoms with Crippen LogP contribution in [0.4, 0.5) is 5.95 Å². The van der Waals surface area contributed by atoms with E-state index in [0.29, 0.717) is 18.5 Å². The predicted octanol–water partition coefficient (Wildman–Crippen LogP) is 2.37. The Balaban J connectivity index is 1.56. The molecule has 0 aliphatic heterocycles. The molecule has 0 radical (unpaired) electrons. The number of imidazole rings is 1. The fraction of sp³-hybridized carbons (Fsp3) is 0.737. The number of phosphoric acid groups is 1. The van der Waals surface area contributed by atoms with E-state index in [9.17, 15) is 19.4 Å². The van der Waals surface area contributed by atoms with E-state index < -0.39 is 13.4 Å². The Morgan fingerprint density at radius 3 is 2.77 bits per heavy atom. The first-order chi connectivity index (χ1) is 14.9. The van der Waals surface area contributed by atoms with Crippen LogP contribution in [0.15, 0.2) is 11.1 Å². The van der Waals surface area contributed by atoms with Gasteiger partial charge < -0.3 is 20.3 Å². The van der Waals surface area contributed by atoms with Gasteiger partial charge in [-0.1, -0.05) is 39.0 Å². The quantitative estimate of drug-likeness (QED) is 0.261. The van der Waals surface area contributed by atoms with E-state index in [2.05, 4.69) is 21.9 Å². The topological polar surface area (TPSA) is 166 Å². The molecule has 31 heavy (non-hydrogen) atoms. The maximum Gasteiger partial charge on any atom is 0.472 e. The lowest BCUT2D eigenvalue weighted by atomic mass is 9.70. The first kappa shape index (κ1) is 23.9. The second-order valence-electron chi connectivity index (χ2n) is 8.05. The van der Waals surface area contributed by atoms with E-state index in [4.69, 9.17) is 14.8 Å². The average molecular weight is 457 g/mol. The number of hydrogen-bond donors (Lipinski definition) is 4. The molecule has 2 heterocycles. The maximum atomic E-state index is 12.2. The number of H-pyrrole nitrogens is 1. The van der Waals surface area contributed by atoms with E-state index in [1.807, 2.05) is 0 Å². The fourth-order valence-corrected chi connectivity index (χ4v) is 4.82. The summed E-state index contributed by atoms with van der Waals surface area (Å²) in [6, 6.07) is -0.200. The molecule has 2 aromatic heterocycles. The lowest BCUT2D eigenvalue weighted by Gasteiger charge is -2.44. The first-order valence-corrected chi connectivity index (χ1v) is 12.3. The van der Waals surface area contributed by atoms with E-state index in [0.717, 1.165) is 19.3 Å². The summed E-state index contributed by atoms with van der Waals surface area (Å²) < 4.78 is 24.3. The van der Waals surface area contributed by atoms with Crippen LogP contribution in [0.25, 0.3) is 11.2 Å². The number of nitrogens with two attached hydrogens (primary N) is 1. The molecular weight excluding hydrogens is 425 g/mol. The van der Waals surface area contributed by atoms with Gasteiger partial charge in [-0.2, -0.15) is 4.98 Å². The molecule has 5 N–H and O–H groups in total. The fourth-order valence-electron chi connectivity index (χ4n) is 4.02. The summed E-state index contributed by atoms with van der Waals surface area (Å²) in [5.74, 6) is -0.392. The van der Waals surface area contributed by atoms with Crippen molar-refractivity contribution in [2.24, 2.45) is 11.8 Å². The number of hydrogen-bond acceptors (Lipinski definition) is 8. The van der Waals surface area contributed by atoms with Crippen molar-refractivity contribution in [3.63, 3.8) is 0 Å². The molecule has 12 heteroatoms. The predicted molar refractivity (Wildman–Crippen MR) is 115 cm³/mol. The van der Waals surface area contributed by atoms with Gasteiger partial charge in [0.25, 0.3) is 5.56 Å². The van der Waals surface area contributed by atoms with Gasteiger partial charge in [0.1, 0.15) is 0 Å². The average Bonchev–Trinajstić information content (AvgIpc) is 3.10. The number of phosphoric ester groups is 1. The maximum absolute atomic E-state index is 12.2. The van der Waals surface area contributed by atoms with Crippen molar-refractivity contribution in [3.05, 3.63) is 16.7 Å². The summed E-state index contributed by atoms with van der Waals surface area (Å²) >= 11 is 0. The molecule has 0 bridgehead atoms. The van der Waals surface area contributed by atoms with Crippen molar-refractivity contribution in [2.45, 2.75) is 57.9 Å². The van der Waals surface area contributed by atoms with Gasteiger partial charge in [-0.15, -0.1) is 0 Å². The summed E-state index contributed by atoms with van der Waals surface area (Å²) in [5, 5.41) is 9.63. The number of rotatable bonds is 13. The molecule has 0 amide bonds. The summed E-state index contributed by atoms with van der Waals surface area (Å²) in [5.41, 5.74) is 5.71. The highest BCUT2D eigenvalue weighted by molar-refractivity contribution is 7.47. The van der Waals surface area contributed by atoms with Crippen molar-refractivity contribution in [1.29, 1.82) is 0 Å². The highest BCUT2D eigenvalue weighted by atomic mass is 31.2. The minimum Gasteiger partial charge on any atom is -0.396 e. The lowest BCUT2D eigenvalue weighted by molar-refractivity contribution is -0.00824. The molecule has 11 nitrogen and oxygen atoms in total. The van der Waals surface area contributed by atoms with Gasteiger partial charge in [-0.3, -0.25) is 18.8 Å². The van der Waals surface area contributed by atoms with Crippen molar-refractivity contribution < 1.29 is 23.6 Å². The minimum atomic E-state index is -4.19. The number of unbranched alkanes of at least 4 members (excludes halogenated alkanes) is 5. The lowest BCUT2D eigenvalue weighted by Crippen LogP contribution is -2.43. The Morgan fingerprint density at radius 1 is 1.29 bits per heavy atom. The smallest absolute Gasteiger partial charge is 0.396 e. The third kappa shape index (κ3) is 5.93. The molecule has 0 aromatic carbocycles. The third-order valence-corrected chi connectivity index (χ3v) is 6.85. The molecule has 0 spiro atoms. The molecule has 1 unspecified atom stereocenters. The Kier molecular flexibility index (Phi) is 8.23. The Labute approximate surface area is 180 Å². The van der Waals surface area contributed by atoms with Crippen LogP contribution in [0.1, 0.15) is 57.9 Å². The number of fused-ring (bicyclic) bond motifs is 1. The standard InChI is InChI=1S/C19H32N5O6P/c1-2-3-4-5-6-7-8-29-31(27,28)30-11-14-13(10-25)9-15(14)24-12-21-16-17(24)22-19(20)23-18(16)26/h12-15,25H,2-11H2,1H3,(H,27,28)(H3,20,22,23,26)/t13-,14+,15-/m1/s1. The van der Waals surface area contributed by atoms with Gasteiger partial charge in [0.15, 0.2) is 11.2 Å². The minimum absolute atomic E-state index is 0.0203. The molecule has 0 saturated heterocycles. The van der Waals surface area contributed by atoms with Crippen LogP contribution in [-0.2, 0) is 13.6 Å². The summed E-state index contributed by atoms with van der Waals surface area (Å²) in [4.78, 5) is 32.7. The monoisotopic (exact) mass is 457 g/mol. The number of nitrogen functional groups attached to an aromatic ring is 1. The van der Waals surface area contributed by atoms with Gasteiger partial charge in [-0.25, -0.2) is 9.55 Å². The van der Waals surface area contributed by atoms with Gasteiger partial charge in [0, 0.05) is 18.6 Å². The molecular formula is C19H32N5O6P. The van der Waals surface area contributed by atoms with E-state index in [1.54, 1.807) is 4.57 Å². The molecule has 174 valence electrons. The molecule has 1 saturated carbocycles. The SMILES string of the molecule is CCCCCCCCOP(=O)(O)OC[C@H]1[C@@H](CO)C[C@H]1n1cnc2c(=O)[nH]c(N)nc21. The molecule has 2 aromatic rings. The summed E-state index contributed by atoms with van der Waals surface area (Å²) in [6.07, 6.45) is 8.33. The largest absolute Gasteiger partial charge is 0.472 e. The first-order valence-electron chi connectivity index (χ1n) is 10.8. The van der Waals surface area contributed by atoms with Crippen LogP contribution >= 0.6 is 7.82 Å². The van der Waals surface area contributed by atoms with E-state index in [-0.39, 0.29) is 49.2 Å². The third-order valence-electron chi connectivity index (χ3n) is 5.87. The molecule has 4 atom stereocenters. The van der Waals surface area contributed by atoms with Crippen LogP contribution < -0.4 is 11.3 Å². The van der Waals surface area contributed by atoms with Gasteiger partial charge in [-0.05, 0) is 18.8 Å². The normalized spacial score (nSPS) is 23.0. The van der Waals surface area contributed by atoms with Crippen LogP contribution in [0.3, 0.4) is 0 Å². The highest BCUT2D eigenvalue weighted by Gasteiger charge is 2.44. The number of aromatic amines is 1. The zero-order chi connectivity index (χ0) is 22.4. The second-order valence-corrected chi connectivity index (χ2v) is 9.50. The van der Waals surface area contributed by atoms with Crippen LogP contribution in [0, 0.1) is 11.8 Å². The Hall–Kier alpha value is -1.78. The number of nitrogens with zero attached hydrogens (tertiary/aromatic N) is 3. The molecule has 1 aliphatic rings. The van der Waals surface area contributed by atoms with E-state index in [1.165, 1.54) is 19.2 Å². The Morgan fingerprint density at radius 2 is 2.03 bits per heavy atom. The number of aliphatic hydroxyl groups is 1. The second kappa shape index (κ2) is 10.7. The molecule has 1 fully saturated rings. The zero-order valence-corrected chi connectivity index (χ0v) is 18.7. The summed E-state index contributed by atoms with van der Waals surface area (Å²) in [7, 11) is -4.19. The van der Waals surface area contributed by atoms with Gasteiger partial charge in [0.2, 0.25) is 5.95 Å². The summed E-state index contributed by atoms with van der Waals surface area (Å²) in [6.45, 7) is 2.16. The van der Waals surface area contributed by atoms with Crippen LogP contribution in [0.2, 0.25) is 0 Å². The zero-order valence-electron chi connectivity index (χ0n) is 17.8.